The zero-order chi connectivity index (χ0) is 17.6. The van der Waals surface area contributed by atoms with E-state index in [-0.39, 0.29) is 5.91 Å². The second kappa shape index (κ2) is 8.18. The predicted molar refractivity (Wildman–Crippen MR) is 98.7 cm³/mol. The fourth-order valence-corrected chi connectivity index (χ4v) is 3.08. The molecule has 6 nitrogen and oxygen atoms in total. The highest BCUT2D eigenvalue weighted by molar-refractivity contribution is 5.93. The van der Waals surface area contributed by atoms with E-state index >= 15 is 0 Å². The summed E-state index contributed by atoms with van der Waals surface area (Å²) in [7, 11) is 1.83. The largest absolute Gasteiger partial charge is 0.467 e. The van der Waals surface area contributed by atoms with Crippen LogP contribution in [0, 0.1) is 0 Å². The number of rotatable bonds is 6. The molecule has 0 atom stereocenters. The number of hydrogen-bond donors (Lipinski definition) is 1. The van der Waals surface area contributed by atoms with Crippen molar-refractivity contribution in [3.05, 3.63) is 54.0 Å². The van der Waals surface area contributed by atoms with Gasteiger partial charge in [-0.2, -0.15) is 0 Å². The van der Waals surface area contributed by atoms with Crippen LogP contribution in [0.2, 0.25) is 0 Å². The minimum absolute atomic E-state index is 0.0219. The molecule has 1 aromatic heterocycles. The Balaban J connectivity index is 1.44. The summed E-state index contributed by atoms with van der Waals surface area (Å²) in [6, 6.07) is 12.2. The molecule has 25 heavy (non-hydrogen) atoms. The number of nitrogens with zero attached hydrogens (tertiary/aromatic N) is 3. The van der Waals surface area contributed by atoms with Crippen LogP contribution in [-0.2, 0) is 6.54 Å². The third-order valence-electron chi connectivity index (χ3n) is 4.69. The third kappa shape index (κ3) is 4.41. The minimum Gasteiger partial charge on any atom is -0.467 e. The molecule has 1 aliphatic heterocycles. The molecule has 0 radical (unpaired) electrons. The fourth-order valence-electron chi connectivity index (χ4n) is 3.08. The summed E-state index contributed by atoms with van der Waals surface area (Å²) in [6.45, 7) is 5.95. The monoisotopic (exact) mass is 342 g/mol. The van der Waals surface area contributed by atoms with Gasteiger partial charge in [0, 0.05) is 52.0 Å². The minimum atomic E-state index is -0.0219. The molecular weight excluding hydrogens is 316 g/mol. The van der Waals surface area contributed by atoms with Crippen LogP contribution in [-0.4, -0.2) is 62.0 Å². The number of piperazine rings is 1. The lowest BCUT2D eigenvalue weighted by molar-refractivity contribution is 0.0775. The number of carbonyl (C=O) groups is 1. The highest BCUT2D eigenvalue weighted by Crippen LogP contribution is 2.15. The summed E-state index contributed by atoms with van der Waals surface area (Å²) in [5, 5.41) is 0. The second-order valence-electron chi connectivity index (χ2n) is 6.40. The van der Waals surface area contributed by atoms with Gasteiger partial charge in [-0.05, 0) is 18.2 Å². The van der Waals surface area contributed by atoms with Crippen LogP contribution in [0.15, 0.2) is 47.1 Å². The van der Waals surface area contributed by atoms with E-state index in [0.717, 1.165) is 32.7 Å². The Morgan fingerprint density at radius 3 is 2.56 bits per heavy atom. The van der Waals surface area contributed by atoms with E-state index in [0.29, 0.717) is 24.4 Å². The van der Waals surface area contributed by atoms with E-state index in [9.17, 15) is 4.79 Å². The van der Waals surface area contributed by atoms with E-state index < -0.39 is 0 Å². The Kier molecular flexibility index (Phi) is 5.73. The molecular formula is C19H26N4O2. The Bertz CT molecular complexity index is 678. The van der Waals surface area contributed by atoms with Gasteiger partial charge in [-0.3, -0.25) is 9.69 Å². The lowest BCUT2D eigenvalue weighted by Crippen LogP contribution is -2.48. The first kappa shape index (κ1) is 17.5. The molecule has 6 heteroatoms. The van der Waals surface area contributed by atoms with Crippen molar-refractivity contribution < 1.29 is 9.21 Å². The molecule has 0 spiro atoms. The quantitative estimate of drug-likeness (QED) is 0.864. The highest BCUT2D eigenvalue weighted by Gasteiger charge is 2.19. The molecule has 0 bridgehead atoms. The molecule has 134 valence electrons. The molecule has 2 aromatic rings. The van der Waals surface area contributed by atoms with Gasteiger partial charge in [0.15, 0.2) is 0 Å². The van der Waals surface area contributed by atoms with Gasteiger partial charge < -0.3 is 20.0 Å². The zero-order valence-electron chi connectivity index (χ0n) is 14.7. The number of anilines is 1. The lowest BCUT2D eigenvalue weighted by Gasteiger charge is -2.36. The molecule has 0 unspecified atom stereocenters. The maximum atomic E-state index is 12.4. The van der Waals surface area contributed by atoms with Crippen LogP contribution in [0.3, 0.4) is 0 Å². The van der Waals surface area contributed by atoms with Crippen LogP contribution in [0.1, 0.15) is 16.1 Å². The predicted octanol–water partition coefficient (Wildman–Crippen LogP) is 1.63. The summed E-state index contributed by atoms with van der Waals surface area (Å²) in [4.78, 5) is 18.9. The van der Waals surface area contributed by atoms with Crippen LogP contribution in [0.25, 0.3) is 0 Å². The average Bonchev–Trinajstić information content (AvgIpc) is 3.16. The second-order valence-corrected chi connectivity index (χ2v) is 6.40. The van der Waals surface area contributed by atoms with Crippen molar-refractivity contribution in [1.82, 2.24) is 9.80 Å². The molecule has 2 heterocycles. The molecule has 1 aliphatic rings. The number of furan rings is 1. The Morgan fingerprint density at radius 1 is 1.20 bits per heavy atom. The maximum Gasteiger partial charge on any atom is 0.256 e. The molecule has 1 fully saturated rings. The van der Waals surface area contributed by atoms with E-state index in [1.54, 1.807) is 11.0 Å². The first-order chi connectivity index (χ1) is 12.2. The van der Waals surface area contributed by atoms with Crippen molar-refractivity contribution in [2.45, 2.75) is 6.54 Å². The number of likely N-dealkylation sites (N-methyl/N-ethyl adjacent to an activating group) is 1. The maximum absolute atomic E-state index is 12.4. The van der Waals surface area contributed by atoms with Crippen LogP contribution in [0.5, 0.6) is 0 Å². The summed E-state index contributed by atoms with van der Waals surface area (Å²) in [5.41, 5.74) is 7.37. The van der Waals surface area contributed by atoms with Crippen molar-refractivity contribution in [3.8, 4) is 0 Å². The van der Waals surface area contributed by atoms with Gasteiger partial charge in [-0.15, -0.1) is 0 Å². The van der Waals surface area contributed by atoms with E-state index in [1.807, 2.05) is 13.1 Å². The Labute approximate surface area is 148 Å². The molecule has 1 saturated heterocycles. The molecule has 1 amide bonds. The Morgan fingerprint density at radius 2 is 1.92 bits per heavy atom. The number of para-hydroxylation sites is 1. The van der Waals surface area contributed by atoms with Gasteiger partial charge in [0.2, 0.25) is 0 Å². The number of carbonyl (C=O) groups excluding carboxylic acids is 1. The zero-order valence-corrected chi connectivity index (χ0v) is 14.7. The normalized spacial score (nSPS) is 15.4. The molecule has 1 aromatic carbocycles. The summed E-state index contributed by atoms with van der Waals surface area (Å²) >= 11 is 0. The van der Waals surface area contributed by atoms with Crippen molar-refractivity contribution in [3.63, 3.8) is 0 Å². The highest BCUT2D eigenvalue weighted by atomic mass is 16.3. The number of benzene rings is 1. The van der Waals surface area contributed by atoms with Gasteiger partial charge in [0.1, 0.15) is 12.0 Å². The van der Waals surface area contributed by atoms with Gasteiger partial charge in [0.25, 0.3) is 5.91 Å². The molecule has 0 aliphatic carbocycles. The SMILES string of the molecule is CN(CCN1CCN(c2ccccc2)CC1)C(=O)c1coc(CN)c1. The topological polar surface area (TPSA) is 66.0 Å². The van der Waals surface area contributed by atoms with E-state index in [2.05, 4.69) is 34.1 Å². The summed E-state index contributed by atoms with van der Waals surface area (Å²) in [6.07, 6.45) is 1.49. The third-order valence-corrected chi connectivity index (χ3v) is 4.69. The molecule has 3 rings (SSSR count). The van der Waals surface area contributed by atoms with Gasteiger partial charge >= 0.3 is 0 Å². The van der Waals surface area contributed by atoms with Gasteiger partial charge in [-0.1, -0.05) is 18.2 Å². The van der Waals surface area contributed by atoms with Crippen LogP contribution < -0.4 is 10.6 Å². The van der Waals surface area contributed by atoms with Crippen molar-refractivity contribution in [2.75, 3.05) is 51.2 Å². The van der Waals surface area contributed by atoms with Crippen molar-refractivity contribution in [2.24, 2.45) is 5.73 Å². The molecule has 0 saturated carbocycles. The van der Waals surface area contributed by atoms with E-state index in [1.165, 1.54) is 12.0 Å². The standard InChI is InChI=1S/C19H26N4O2/c1-21(19(24)16-13-18(14-20)25-15-16)7-8-22-9-11-23(12-10-22)17-5-3-2-4-6-17/h2-6,13,15H,7-12,14,20H2,1H3. The van der Waals surface area contributed by atoms with Gasteiger partial charge in [0.05, 0.1) is 12.1 Å². The van der Waals surface area contributed by atoms with Crippen LogP contribution >= 0.6 is 0 Å². The smallest absolute Gasteiger partial charge is 0.256 e. The number of amides is 1. The van der Waals surface area contributed by atoms with Crippen LogP contribution in [0.4, 0.5) is 5.69 Å². The Hall–Kier alpha value is -2.31. The number of nitrogens with two attached hydrogens (primary N) is 1. The van der Waals surface area contributed by atoms with Crippen molar-refractivity contribution >= 4 is 11.6 Å². The first-order valence-corrected chi connectivity index (χ1v) is 8.72. The lowest BCUT2D eigenvalue weighted by atomic mass is 10.2. The fraction of sp³-hybridized carbons (Fsp3) is 0.421. The van der Waals surface area contributed by atoms with Crippen molar-refractivity contribution in [1.29, 1.82) is 0 Å². The van der Waals surface area contributed by atoms with Gasteiger partial charge in [-0.25, -0.2) is 0 Å². The average molecular weight is 342 g/mol. The summed E-state index contributed by atoms with van der Waals surface area (Å²) < 4.78 is 5.24. The summed E-state index contributed by atoms with van der Waals surface area (Å²) in [5.74, 6) is 0.611. The van der Waals surface area contributed by atoms with E-state index in [4.69, 9.17) is 10.2 Å². The molecule has 2 N–H and O–H groups in total. The number of hydrogen-bond acceptors (Lipinski definition) is 5. The first-order valence-electron chi connectivity index (χ1n) is 8.72.